The molecule has 4 unspecified atom stereocenters. The molecule has 0 amide bonds. The summed E-state index contributed by atoms with van der Waals surface area (Å²) in [5.74, 6) is 1.08. The van der Waals surface area contributed by atoms with Crippen LogP contribution in [0, 0.1) is 26.7 Å². The Kier molecular flexibility index (Phi) is 7.67. The van der Waals surface area contributed by atoms with E-state index in [0.29, 0.717) is 53.3 Å². The number of hydrogen-bond acceptors (Lipinski definition) is 10. The summed E-state index contributed by atoms with van der Waals surface area (Å²) in [5, 5.41) is 39.2. The Hall–Kier alpha value is -3.73. The van der Waals surface area contributed by atoms with Crippen molar-refractivity contribution in [1.29, 1.82) is 0 Å². The highest BCUT2D eigenvalue weighted by molar-refractivity contribution is 5.89. The van der Waals surface area contributed by atoms with Crippen molar-refractivity contribution < 1.29 is 24.5 Å². The highest BCUT2D eigenvalue weighted by Crippen LogP contribution is 2.41. The average molecular weight is 548 g/mol. The standard InChI is InChI=1S/C30H37N5O5/c1-6-39-28-25-22(13-17(3)31-28)14-23(40-25)24-19(5)33-29(32-18(4)20-9-7-16(2)8-10-20)34-27(24)35-30(38)12-11-21(15-36)26(30)37/h7-10,13-14,18,21,26,36-38H,6,11-12,15H2,1-5H3,(H2,32,33,34,35). The lowest BCUT2D eigenvalue weighted by atomic mass is 10.0. The first-order valence-corrected chi connectivity index (χ1v) is 13.7. The normalized spacial score (nSPS) is 21.5. The monoisotopic (exact) mass is 547 g/mol. The van der Waals surface area contributed by atoms with Crippen LogP contribution in [-0.4, -0.2) is 55.3 Å². The molecule has 4 aromatic rings. The first-order chi connectivity index (χ1) is 19.1. The predicted molar refractivity (Wildman–Crippen MR) is 153 cm³/mol. The maximum atomic E-state index is 11.4. The fourth-order valence-electron chi connectivity index (χ4n) is 5.29. The van der Waals surface area contributed by atoms with Crippen LogP contribution in [0.15, 0.2) is 40.8 Å². The minimum absolute atomic E-state index is 0.0911. The van der Waals surface area contributed by atoms with Crippen LogP contribution in [0.3, 0.4) is 0 Å². The van der Waals surface area contributed by atoms with Crippen LogP contribution >= 0.6 is 0 Å². The minimum Gasteiger partial charge on any atom is -0.475 e. The third kappa shape index (κ3) is 5.34. The van der Waals surface area contributed by atoms with Gasteiger partial charge in [0.1, 0.15) is 17.7 Å². The van der Waals surface area contributed by atoms with Gasteiger partial charge in [-0.1, -0.05) is 29.8 Å². The number of aryl methyl sites for hydroxylation is 3. The number of nitrogens with one attached hydrogen (secondary N) is 2. The fraction of sp³-hybridized carbons (Fsp3) is 0.433. The number of aromatic nitrogens is 3. The first-order valence-electron chi connectivity index (χ1n) is 13.7. The van der Waals surface area contributed by atoms with Crippen LogP contribution in [0.5, 0.6) is 5.88 Å². The Bertz CT molecular complexity index is 1500. The zero-order valence-corrected chi connectivity index (χ0v) is 23.5. The van der Waals surface area contributed by atoms with Crippen molar-refractivity contribution in [3.63, 3.8) is 0 Å². The lowest BCUT2D eigenvalue weighted by Gasteiger charge is -2.31. The molecular weight excluding hydrogens is 510 g/mol. The first kappa shape index (κ1) is 27.8. The van der Waals surface area contributed by atoms with E-state index < -0.39 is 17.7 Å². The van der Waals surface area contributed by atoms with E-state index in [0.717, 1.165) is 16.6 Å². The van der Waals surface area contributed by atoms with E-state index in [4.69, 9.17) is 19.1 Å². The molecule has 0 radical (unpaired) electrons. The van der Waals surface area contributed by atoms with Crippen molar-refractivity contribution in [2.75, 3.05) is 23.8 Å². The summed E-state index contributed by atoms with van der Waals surface area (Å²) >= 11 is 0. The highest BCUT2D eigenvalue weighted by atomic mass is 16.5. The van der Waals surface area contributed by atoms with Gasteiger partial charge in [0.25, 0.3) is 5.88 Å². The molecule has 1 aliphatic rings. The van der Waals surface area contributed by atoms with Crippen molar-refractivity contribution in [2.45, 2.75) is 65.3 Å². The summed E-state index contributed by atoms with van der Waals surface area (Å²) in [5.41, 5.74) is 2.99. The maximum absolute atomic E-state index is 11.4. The van der Waals surface area contributed by atoms with Gasteiger partial charge in [-0.15, -0.1) is 0 Å². The van der Waals surface area contributed by atoms with Crippen molar-refractivity contribution in [1.82, 2.24) is 15.0 Å². The van der Waals surface area contributed by atoms with Crippen molar-refractivity contribution >= 4 is 22.7 Å². The van der Waals surface area contributed by atoms with E-state index in [9.17, 15) is 15.3 Å². The predicted octanol–water partition coefficient (Wildman–Crippen LogP) is 4.65. The smallest absolute Gasteiger partial charge is 0.258 e. The molecule has 5 N–H and O–H groups in total. The number of fused-ring (bicyclic) bond motifs is 1. The van der Waals surface area contributed by atoms with Crippen LogP contribution in [-0.2, 0) is 0 Å². The molecule has 0 aliphatic heterocycles. The Balaban J connectivity index is 1.59. The number of pyridine rings is 1. The van der Waals surface area contributed by atoms with Gasteiger partial charge in [0.2, 0.25) is 5.95 Å². The molecule has 40 heavy (non-hydrogen) atoms. The van der Waals surface area contributed by atoms with Gasteiger partial charge in [-0.05, 0) is 65.2 Å². The molecule has 1 fully saturated rings. The third-order valence-corrected chi connectivity index (χ3v) is 7.54. The van der Waals surface area contributed by atoms with Gasteiger partial charge in [0.05, 0.1) is 23.9 Å². The second-order valence-electron chi connectivity index (χ2n) is 10.6. The van der Waals surface area contributed by atoms with E-state index in [1.807, 2.05) is 46.8 Å². The van der Waals surface area contributed by atoms with Crippen molar-refractivity contribution in [3.8, 4) is 17.2 Å². The van der Waals surface area contributed by atoms with Crippen LogP contribution in [0.4, 0.5) is 11.8 Å². The highest BCUT2D eigenvalue weighted by Gasteiger charge is 2.47. The molecule has 212 valence electrons. The Morgan fingerprint density at radius 3 is 2.55 bits per heavy atom. The van der Waals surface area contributed by atoms with Gasteiger partial charge in [0, 0.05) is 23.6 Å². The lowest BCUT2D eigenvalue weighted by Crippen LogP contribution is -2.48. The maximum Gasteiger partial charge on any atom is 0.258 e. The number of ether oxygens (including phenoxy) is 1. The summed E-state index contributed by atoms with van der Waals surface area (Å²) in [6, 6.07) is 11.9. The van der Waals surface area contributed by atoms with Gasteiger partial charge in [-0.3, -0.25) is 0 Å². The molecule has 4 atom stereocenters. The van der Waals surface area contributed by atoms with E-state index in [2.05, 4.69) is 39.9 Å². The van der Waals surface area contributed by atoms with Crippen LogP contribution in [0.2, 0.25) is 0 Å². The molecule has 3 heterocycles. The Morgan fingerprint density at radius 1 is 1.12 bits per heavy atom. The number of hydrogen-bond donors (Lipinski definition) is 5. The van der Waals surface area contributed by atoms with E-state index in [-0.39, 0.29) is 19.1 Å². The Labute approximate surface area is 233 Å². The molecule has 5 rings (SSSR count). The molecule has 3 aromatic heterocycles. The molecule has 1 aromatic carbocycles. The largest absolute Gasteiger partial charge is 0.475 e. The number of anilines is 2. The number of aliphatic hydroxyl groups excluding tert-OH is 2. The number of furan rings is 1. The molecule has 0 saturated heterocycles. The van der Waals surface area contributed by atoms with E-state index in [1.54, 1.807) is 0 Å². The Morgan fingerprint density at radius 2 is 1.88 bits per heavy atom. The van der Waals surface area contributed by atoms with Crippen molar-refractivity contribution in [2.24, 2.45) is 5.92 Å². The number of aliphatic hydroxyl groups is 3. The van der Waals surface area contributed by atoms with Crippen molar-refractivity contribution in [3.05, 3.63) is 58.9 Å². The summed E-state index contributed by atoms with van der Waals surface area (Å²) < 4.78 is 12.0. The van der Waals surface area contributed by atoms with Crippen LogP contribution in [0.1, 0.15) is 55.2 Å². The van der Waals surface area contributed by atoms with Crippen LogP contribution in [0.25, 0.3) is 22.3 Å². The summed E-state index contributed by atoms with van der Waals surface area (Å²) in [7, 11) is 0. The molecule has 1 aliphatic carbocycles. The number of rotatable bonds is 9. The van der Waals surface area contributed by atoms with Gasteiger partial charge < -0.3 is 35.1 Å². The summed E-state index contributed by atoms with van der Waals surface area (Å²) in [6.45, 7) is 9.90. The van der Waals surface area contributed by atoms with Gasteiger partial charge in [-0.2, -0.15) is 4.98 Å². The molecule has 1 saturated carbocycles. The number of benzene rings is 1. The molecule has 10 heteroatoms. The summed E-state index contributed by atoms with van der Waals surface area (Å²) in [4.78, 5) is 14.0. The summed E-state index contributed by atoms with van der Waals surface area (Å²) in [6.07, 6.45) is -0.485. The quantitative estimate of drug-likeness (QED) is 0.188. The minimum atomic E-state index is -1.69. The third-order valence-electron chi connectivity index (χ3n) is 7.54. The van der Waals surface area contributed by atoms with Gasteiger partial charge in [0.15, 0.2) is 11.3 Å². The zero-order valence-electron chi connectivity index (χ0n) is 23.5. The lowest BCUT2D eigenvalue weighted by molar-refractivity contribution is -0.0545. The zero-order chi connectivity index (χ0) is 28.6. The fourth-order valence-corrected chi connectivity index (χ4v) is 5.29. The second kappa shape index (κ2) is 11.0. The molecule has 0 bridgehead atoms. The molecular formula is C30H37N5O5. The molecule has 0 spiro atoms. The number of nitrogens with zero attached hydrogens (tertiary/aromatic N) is 3. The van der Waals surface area contributed by atoms with Gasteiger partial charge in [-0.25, -0.2) is 9.97 Å². The topological polar surface area (TPSA) is 146 Å². The van der Waals surface area contributed by atoms with Crippen LogP contribution < -0.4 is 15.4 Å². The van der Waals surface area contributed by atoms with E-state index >= 15 is 0 Å². The second-order valence-corrected chi connectivity index (χ2v) is 10.6. The SMILES string of the molecule is CCOc1nc(C)cc2cc(-c3c(C)nc(NC(C)c4ccc(C)cc4)nc3NC3(O)CCC(CO)C3O)oc12. The van der Waals surface area contributed by atoms with Gasteiger partial charge >= 0.3 is 0 Å². The molecule has 10 nitrogen and oxygen atoms in total. The average Bonchev–Trinajstić information content (AvgIpc) is 3.44. The van der Waals surface area contributed by atoms with E-state index in [1.165, 1.54) is 5.56 Å².